The lowest BCUT2D eigenvalue weighted by molar-refractivity contribution is 0.383. The highest BCUT2D eigenvalue weighted by Crippen LogP contribution is 2.24. The molecule has 24 heavy (non-hydrogen) atoms. The third-order valence-electron chi connectivity index (χ3n) is 3.94. The van der Waals surface area contributed by atoms with E-state index in [9.17, 15) is 17.2 Å². The SMILES string of the molecule is O=S(=O)(c1ccc(Cl)cc1)N1CCN(c2ccc(F)cc2F)CC1. The topological polar surface area (TPSA) is 40.6 Å². The number of halogens is 3. The molecule has 3 rings (SSSR count). The second-order valence-electron chi connectivity index (χ2n) is 5.44. The fraction of sp³-hybridized carbons (Fsp3) is 0.250. The van der Waals surface area contributed by atoms with Crippen molar-refractivity contribution in [2.24, 2.45) is 0 Å². The lowest BCUT2D eigenvalue weighted by atomic mass is 10.2. The van der Waals surface area contributed by atoms with Gasteiger partial charge in [0.25, 0.3) is 0 Å². The Kier molecular flexibility index (Phi) is 4.76. The number of hydrogen-bond acceptors (Lipinski definition) is 3. The zero-order chi connectivity index (χ0) is 17.3. The van der Waals surface area contributed by atoms with Gasteiger partial charge in [-0.25, -0.2) is 17.2 Å². The van der Waals surface area contributed by atoms with E-state index in [4.69, 9.17) is 11.6 Å². The Hall–Kier alpha value is -1.70. The van der Waals surface area contributed by atoms with E-state index in [0.717, 1.165) is 6.07 Å². The van der Waals surface area contributed by atoms with Crippen LogP contribution in [0.5, 0.6) is 0 Å². The van der Waals surface area contributed by atoms with Crippen molar-refractivity contribution in [2.45, 2.75) is 4.90 Å². The first kappa shape index (κ1) is 17.1. The van der Waals surface area contributed by atoms with Crippen LogP contribution >= 0.6 is 11.6 Å². The highest BCUT2D eigenvalue weighted by molar-refractivity contribution is 7.89. The van der Waals surface area contributed by atoms with Gasteiger partial charge in [-0.1, -0.05) is 11.6 Å². The third kappa shape index (κ3) is 3.38. The molecule has 1 heterocycles. The predicted molar refractivity (Wildman–Crippen MR) is 88.8 cm³/mol. The van der Waals surface area contributed by atoms with Crippen LogP contribution in [0.4, 0.5) is 14.5 Å². The fourth-order valence-corrected chi connectivity index (χ4v) is 4.21. The van der Waals surface area contributed by atoms with Crippen molar-refractivity contribution < 1.29 is 17.2 Å². The van der Waals surface area contributed by atoms with Crippen LogP contribution in [0.1, 0.15) is 0 Å². The lowest BCUT2D eigenvalue weighted by Gasteiger charge is -2.35. The van der Waals surface area contributed by atoms with Crippen LogP contribution in [0, 0.1) is 11.6 Å². The standard InChI is InChI=1S/C16H15ClF2N2O2S/c17-12-1-4-14(5-2-12)24(22,23)21-9-7-20(8-10-21)16-6-3-13(18)11-15(16)19/h1-6,11H,7-10H2. The molecule has 4 nitrogen and oxygen atoms in total. The average Bonchev–Trinajstić information content (AvgIpc) is 2.55. The molecule has 0 aliphatic carbocycles. The Morgan fingerprint density at radius 3 is 2.12 bits per heavy atom. The number of anilines is 1. The monoisotopic (exact) mass is 372 g/mol. The van der Waals surface area contributed by atoms with Gasteiger partial charge in [0.15, 0.2) is 0 Å². The van der Waals surface area contributed by atoms with Crippen LogP contribution in [0.3, 0.4) is 0 Å². The molecule has 0 bridgehead atoms. The molecule has 0 atom stereocenters. The predicted octanol–water partition coefficient (Wildman–Crippen LogP) is 3.13. The molecule has 0 N–H and O–H groups in total. The zero-order valence-electron chi connectivity index (χ0n) is 12.6. The molecule has 8 heteroatoms. The summed E-state index contributed by atoms with van der Waals surface area (Å²) in [5, 5.41) is 0.463. The number of piperazine rings is 1. The van der Waals surface area contributed by atoms with E-state index < -0.39 is 21.7 Å². The third-order valence-corrected chi connectivity index (χ3v) is 6.11. The molecule has 1 aliphatic rings. The average molecular weight is 373 g/mol. The van der Waals surface area contributed by atoms with Gasteiger partial charge in [-0.05, 0) is 36.4 Å². The summed E-state index contributed by atoms with van der Waals surface area (Å²) in [7, 11) is -3.61. The van der Waals surface area contributed by atoms with Gasteiger partial charge in [0, 0.05) is 37.3 Å². The number of rotatable bonds is 3. The number of sulfonamides is 1. The van der Waals surface area contributed by atoms with Crippen LogP contribution in [-0.2, 0) is 10.0 Å². The minimum absolute atomic E-state index is 0.174. The minimum Gasteiger partial charge on any atom is -0.367 e. The first-order valence-corrected chi connectivity index (χ1v) is 9.15. The summed E-state index contributed by atoms with van der Waals surface area (Å²) in [6.45, 7) is 1.11. The summed E-state index contributed by atoms with van der Waals surface area (Å²) >= 11 is 5.78. The number of benzene rings is 2. The van der Waals surface area contributed by atoms with E-state index in [-0.39, 0.29) is 23.7 Å². The van der Waals surface area contributed by atoms with E-state index in [1.54, 1.807) is 4.90 Å². The van der Waals surface area contributed by atoms with Crippen LogP contribution in [0.2, 0.25) is 5.02 Å². The fourth-order valence-electron chi connectivity index (χ4n) is 2.66. The Bertz CT molecular complexity index is 836. The first-order chi connectivity index (χ1) is 11.4. The molecule has 128 valence electrons. The molecule has 1 saturated heterocycles. The molecule has 2 aromatic carbocycles. The van der Waals surface area contributed by atoms with E-state index in [0.29, 0.717) is 18.1 Å². The molecule has 0 saturated carbocycles. The van der Waals surface area contributed by atoms with E-state index >= 15 is 0 Å². The molecule has 0 spiro atoms. The molecule has 0 unspecified atom stereocenters. The Balaban J connectivity index is 1.73. The van der Waals surface area contributed by atoms with Gasteiger partial charge in [0.1, 0.15) is 11.6 Å². The highest BCUT2D eigenvalue weighted by Gasteiger charge is 2.29. The molecule has 0 amide bonds. The van der Waals surface area contributed by atoms with Crippen molar-refractivity contribution >= 4 is 27.3 Å². The zero-order valence-corrected chi connectivity index (χ0v) is 14.2. The molecule has 1 fully saturated rings. The van der Waals surface area contributed by atoms with Crippen LogP contribution in [0.25, 0.3) is 0 Å². The van der Waals surface area contributed by atoms with Crippen molar-refractivity contribution in [3.63, 3.8) is 0 Å². The summed E-state index contributed by atoms with van der Waals surface area (Å²) in [5.41, 5.74) is 0.278. The summed E-state index contributed by atoms with van der Waals surface area (Å²) in [5.74, 6) is -1.29. The van der Waals surface area contributed by atoms with Crippen LogP contribution < -0.4 is 4.90 Å². The second-order valence-corrected chi connectivity index (χ2v) is 7.82. The number of hydrogen-bond donors (Lipinski definition) is 0. The highest BCUT2D eigenvalue weighted by atomic mass is 35.5. The Morgan fingerprint density at radius 2 is 1.54 bits per heavy atom. The van der Waals surface area contributed by atoms with Crippen molar-refractivity contribution in [3.05, 3.63) is 59.1 Å². The van der Waals surface area contributed by atoms with Crippen LogP contribution in [-0.4, -0.2) is 38.9 Å². The molecular formula is C16H15ClF2N2O2S. The van der Waals surface area contributed by atoms with Crippen molar-refractivity contribution in [2.75, 3.05) is 31.1 Å². The van der Waals surface area contributed by atoms with Gasteiger partial charge in [0.2, 0.25) is 10.0 Å². The van der Waals surface area contributed by atoms with E-state index in [2.05, 4.69) is 0 Å². The normalized spacial score (nSPS) is 16.4. The van der Waals surface area contributed by atoms with Gasteiger partial charge >= 0.3 is 0 Å². The smallest absolute Gasteiger partial charge is 0.243 e. The molecule has 0 aromatic heterocycles. The van der Waals surface area contributed by atoms with Gasteiger partial charge in [0.05, 0.1) is 10.6 Å². The van der Waals surface area contributed by atoms with Crippen molar-refractivity contribution in [1.29, 1.82) is 0 Å². The van der Waals surface area contributed by atoms with Gasteiger partial charge in [-0.15, -0.1) is 0 Å². The maximum Gasteiger partial charge on any atom is 0.243 e. The lowest BCUT2D eigenvalue weighted by Crippen LogP contribution is -2.48. The maximum atomic E-state index is 13.8. The molecular weight excluding hydrogens is 358 g/mol. The molecule has 1 aliphatic heterocycles. The second kappa shape index (κ2) is 6.66. The van der Waals surface area contributed by atoms with E-state index in [1.807, 2.05) is 0 Å². The Morgan fingerprint density at radius 1 is 0.917 bits per heavy atom. The van der Waals surface area contributed by atoms with Crippen molar-refractivity contribution in [3.8, 4) is 0 Å². The van der Waals surface area contributed by atoms with Crippen molar-refractivity contribution in [1.82, 2.24) is 4.31 Å². The largest absolute Gasteiger partial charge is 0.367 e. The summed E-state index contributed by atoms with van der Waals surface area (Å²) < 4.78 is 53.4. The van der Waals surface area contributed by atoms with Gasteiger partial charge in [-0.3, -0.25) is 0 Å². The summed E-state index contributed by atoms with van der Waals surface area (Å²) in [4.78, 5) is 1.89. The quantitative estimate of drug-likeness (QED) is 0.831. The van der Waals surface area contributed by atoms with E-state index in [1.165, 1.54) is 40.7 Å². The van der Waals surface area contributed by atoms with Crippen LogP contribution in [0.15, 0.2) is 47.4 Å². The van der Waals surface area contributed by atoms with Gasteiger partial charge in [-0.2, -0.15) is 4.31 Å². The van der Waals surface area contributed by atoms with Gasteiger partial charge < -0.3 is 4.90 Å². The Labute approximate surface area is 144 Å². The first-order valence-electron chi connectivity index (χ1n) is 7.33. The summed E-state index contributed by atoms with van der Waals surface area (Å²) in [6, 6.07) is 9.36. The summed E-state index contributed by atoms with van der Waals surface area (Å²) in [6.07, 6.45) is 0. The number of nitrogens with zero attached hydrogens (tertiary/aromatic N) is 2. The maximum absolute atomic E-state index is 13.8. The molecule has 0 radical (unpaired) electrons. The molecule has 2 aromatic rings. The minimum atomic E-state index is -3.61.